The standard InChI is InChI=1S/C27H31N9/c1-19-17-35(26(32-18-28)25-12-23(15-29-25)24-16-33-34(3)20(24)2)9-10-36(19)27-30-13-22(14-31-27)11-21-7-5-4-6-8-21/h4-8,12-16,18-19,28-29H,9-11,17H2,1-3H3/b28-18?,32-26+/t19-/m1/s1. The Balaban J connectivity index is 1.28. The van der Waals surface area contributed by atoms with Gasteiger partial charge in [-0.25, -0.2) is 15.0 Å². The third-order valence-corrected chi connectivity index (χ3v) is 6.78. The first-order valence-corrected chi connectivity index (χ1v) is 12.1. The molecule has 0 amide bonds. The van der Waals surface area contributed by atoms with Crippen LogP contribution in [0.1, 0.15) is 29.4 Å². The zero-order chi connectivity index (χ0) is 25.1. The minimum Gasteiger partial charge on any atom is -0.358 e. The van der Waals surface area contributed by atoms with Crippen molar-refractivity contribution in [2.24, 2.45) is 12.0 Å². The second-order valence-corrected chi connectivity index (χ2v) is 9.19. The Morgan fingerprint density at radius 2 is 1.92 bits per heavy atom. The van der Waals surface area contributed by atoms with Gasteiger partial charge in [0.2, 0.25) is 5.95 Å². The summed E-state index contributed by atoms with van der Waals surface area (Å²) in [6.07, 6.45) is 9.64. The van der Waals surface area contributed by atoms with Crippen LogP contribution in [-0.2, 0) is 13.5 Å². The molecule has 1 atom stereocenters. The van der Waals surface area contributed by atoms with Crippen molar-refractivity contribution >= 4 is 18.1 Å². The summed E-state index contributed by atoms with van der Waals surface area (Å²) in [4.78, 5) is 21.6. The maximum Gasteiger partial charge on any atom is 0.225 e. The number of aromatic amines is 1. The molecule has 0 saturated carbocycles. The summed E-state index contributed by atoms with van der Waals surface area (Å²) in [5.41, 5.74) is 6.48. The van der Waals surface area contributed by atoms with Crippen LogP contribution in [0.25, 0.3) is 11.1 Å². The minimum atomic E-state index is 0.185. The first-order chi connectivity index (χ1) is 17.5. The molecule has 0 radical (unpaired) electrons. The van der Waals surface area contributed by atoms with Crippen molar-refractivity contribution in [3.63, 3.8) is 0 Å². The van der Waals surface area contributed by atoms with Gasteiger partial charge in [0, 0.05) is 74.6 Å². The lowest BCUT2D eigenvalue weighted by molar-refractivity contribution is 0.335. The topological polar surface area (TPSA) is 102 Å². The lowest BCUT2D eigenvalue weighted by atomic mass is 10.1. The molecule has 1 aromatic carbocycles. The van der Waals surface area contributed by atoms with E-state index >= 15 is 0 Å². The summed E-state index contributed by atoms with van der Waals surface area (Å²) < 4.78 is 1.87. The number of benzene rings is 1. The highest BCUT2D eigenvalue weighted by molar-refractivity contribution is 6.02. The van der Waals surface area contributed by atoms with Crippen LogP contribution in [-0.4, -0.2) is 67.5 Å². The van der Waals surface area contributed by atoms with Gasteiger partial charge in [-0.15, -0.1) is 0 Å². The number of rotatable bonds is 6. The van der Waals surface area contributed by atoms with E-state index in [0.29, 0.717) is 0 Å². The van der Waals surface area contributed by atoms with Crippen molar-refractivity contribution in [1.29, 1.82) is 5.41 Å². The Bertz CT molecular complexity index is 1350. The van der Waals surface area contributed by atoms with Crippen molar-refractivity contribution in [1.82, 2.24) is 29.6 Å². The second-order valence-electron chi connectivity index (χ2n) is 9.19. The van der Waals surface area contributed by atoms with Crippen molar-refractivity contribution < 1.29 is 0 Å². The molecule has 1 aliphatic rings. The fraction of sp³-hybridized carbons (Fsp3) is 0.296. The molecule has 0 bridgehead atoms. The van der Waals surface area contributed by atoms with Crippen LogP contribution in [0.5, 0.6) is 0 Å². The van der Waals surface area contributed by atoms with Gasteiger partial charge < -0.3 is 14.8 Å². The summed E-state index contributed by atoms with van der Waals surface area (Å²) in [6.45, 7) is 6.51. The van der Waals surface area contributed by atoms with E-state index in [0.717, 1.165) is 72.3 Å². The van der Waals surface area contributed by atoms with Gasteiger partial charge in [0.05, 0.1) is 11.9 Å². The van der Waals surface area contributed by atoms with Crippen LogP contribution in [0.15, 0.2) is 66.2 Å². The van der Waals surface area contributed by atoms with Gasteiger partial charge in [-0.1, -0.05) is 30.3 Å². The number of piperazine rings is 1. The summed E-state index contributed by atoms with van der Waals surface area (Å²) in [6, 6.07) is 12.6. The number of aromatic nitrogens is 5. The molecule has 1 saturated heterocycles. The zero-order valence-electron chi connectivity index (χ0n) is 20.9. The molecular weight excluding hydrogens is 450 g/mol. The van der Waals surface area contributed by atoms with Crippen molar-refractivity contribution in [3.8, 4) is 11.1 Å². The maximum absolute atomic E-state index is 7.64. The molecule has 0 aliphatic carbocycles. The average Bonchev–Trinajstić information content (AvgIpc) is 3.50. The van der Waals surface area contributed by atoms with E-state index in [2.05, 4.69) is 79.0 Å². The third kappa shape index (κ3) is 4.77. The van der Waals surface area contributed by atoms with Crippen LogP contribution in [0.3, 0.4) is 0 Å². The predicted molar refractivity (Wildman–Crippen MR) is 143 cm³/mol. The van der Waals surface area contributed by atoms with E-state index < -0.39 is 0 Å². The van der Waals surface area contributed by atoms with Gasteiger partial charge in [0.25, 0.3) is 0 Å². The lowest BCUT2D eigenvalue weighted by Gasteiger charge is -2.41. The van der Waals surface area contributed by atoms with Gasteiger partial charge >= 0.3 is 0 Å². The molecule has 1 fully saturated rings. The number of aliphatic imine (C=N–C) groups is 1. The number of amidine groups is 1. The van der Waals surface area contributed by atoms with Crippen molar-refractivity contribution in [2.45, 2.75) is 26.3 Å². The number of anilines is 1. The Morgan fingerprint density at radius 3 is 2.58 bits per heavy atom. The van der Waals surface area contributed by atoms with E-state index in [-0.39, 0.29) is 6.04 Å². The lowest BCUT2D eigenvalue weighted by Crippen LogP contribution is -2.54. The number of nitrogens with one attached hydrogen (secondary N) is 2. The number of H-pyrrole nitrogens is 1. The van der Waals surface area contributed by atoms with E-state index in [1.165, 1.54) is 5.56 Å². The SMILES string of the molecule is Cc1c(-c2c[nH]c(/C(=N\C=N)N3CCN(c4ncc(Cc5ccccc5)cn4)[C@H](C)C3)c2)cnn1C. The van der Waals surface area contributed by atoms with Gasteiger partial charge in [0.15, 0.2) is 5.84 Å². The van der Waals surface area contributed by atoms with Crippen LogP contribution in [0.2, 0.25) is 0 Å². The van der Waals surface area contributed by atoms with E-state index in [4.69, 9.17) is 5.41 Å². The fourth-order valence-electron chi connectivity index (χ4n) is 4.71. The van der Waals surface area contributed by atoms with Crippen molar-refractivity contribution in [3.05, 3.63) is 83.7 Å². The van der Waals surface area contributed by atoms with Gasteiger partial charge in [-0.05, 0) is 31.0 Å². The number of nitrogens with zero attached hydrogens (tertiary/aromatic N) is 7. The van der Waals surface area contributed by atoms with Crippen LogP contribution in [0, 0.1) is 12.3 Å². The molecule has 5 rings (SSSR count). The Labute approximate surface area is 211 Å². The molecule has 184 valence electrons. The predicted octanol–water partition coefficient (Wildman–Crippen LogP) is 3.67. The molecule has 4 heterocycles. The number of aryl methyl sites for hydroxylation is 1. The minimum absolute atomic E-state index is 0.185. The monoisotopic (exact) mass is 481 g/mol. The Kier molecular flexibility index (Phi) is 6.62. The van der Waals surface area contributed by atoms with Crippen molar-refractivity contribution in [2.75, 3.05) is 24.5 Å². The first-order valence-electron chi connectivity index (χ1n) is 12.1. The first kappa shape index (κ1) is 23.5. The van der Waals surface area contributed by atoms with Crippen LogP contribution < -0.4 is 4.90 Å². The highest BCUT2D eigenvalue weighted by atomic mass is 15.4. The number of hydrogen-bond donors (Lipinski definition) is 2. The highest BCUT2D eigenvalue weighted by Crippen LogP contribution is 2.25. The normalized spacial score (nSPS) is 16.4. The zero-order valence-corrected chi connectivity index (χ0v) is 20.9. The van der Waals surface area contributed by atoms with Crippen LogP contribution >= 0.6 is 0 Å². The summed E-state index contributed by atoms with van der Waals surface area (Å²) in [5.74, 6) is 1.52. The Hall–Kier alpha value is -4.27. The Morgan fingerprint density at radius 1 is 1.14 bits per heavy atom. The molecule has 9 nitrogen and oxygen atoms in total. The summed E-state index contributed by atoms with van der Waals surface area (Å²) >= 11 is 0. The molecule has 36 heavy (non-hydrogen) atoms. The fourth-order valence-corrected chi connectivity index (χ4v) is 4.71. The average molecular weight is 482 g/mol. The highest BCUT2D eigenvalue weighted by Gasteiger charge is 2.28. The maximum atomic E-state index is 7.64. The smallest absolute Gasteiger partial charge is 0.225 e. The molecule has 2 N–H and O–H groups in total. The van der Waals surface area contributed by atoms with E-state index in [1.54, 1.807) is 0 Å². The molecule has 4 aromatic rings. The third-order valence-electron chi connectivity index (χ3n) is 6.78. The second kappa shape index (κ2) is 10.2. The summed E-state index contributed by atoms with van der Waals surface area (Å²) in [5, 5.41) is 12.0. The molecule has 0 spiro atoms. The molecule has 0 unspecified atom stereocenters. The molecular formula is C27H31N9. The van der Waals surface area contributed by atoms with E-state index in [1.807, 2.05) is 42.6 Å². The quantitative estimate of drug-likeness (QED) is 0.323. The van der Waals surface area contributed by atoms with Gasteiger partial charge in [-0.2, -0.15) is 5.10 Å². The largest absolute Gasteiger partial charge is 0.358 e. The molecule has 1 aliphatic heterocycles. The number of hydrogen-bond acceptors (Lipinski definition) is 5. The molecule has 9 heteroatoms. The summed E-state index contributed by atoms with van der Waals surface area (Å²) in [7, 11) is 1.94. The van der Waals surface area contributed by atoms with Gasteiger partial charge in [-0.3, -0.25) is 10.1 Å². The molecule has 3 aromatic heterocycles. The van der Waals surface area contributed by atoms with Crippen LogP contribution in [0.4, 0.5) is 5.95 Å². The van der Waals surface area contributed by atoms with E-state index in [9.17, 15) is 0 Å². The van der Waals surface area contributed by atoms with Gasteiger partial charge in [0.1, 0.15) is 6.34 Å².